The van der Waals surface area contributed by atoms with Crippen LogP contribution in [0.3, 0.4) is 0 Å². The number of hydrogen-bond donors (Lipinski definition) is 1. The zero-order chi connectivity index (χ0) is 15.0. The predicted molar refractivity (Wildman–Crippen MR) is 83.6 cm³/mol. The van der Waals surface area contributed by atoms with E-state index in [-0.39, 0.29) is 0 Å². The highest BCUT2D eigenvalue weighted by molar-refractivity contribution is 5.42. The number of ether oxygens (including phenoxy) is 2. The van der Waals surface area contributed by atoms with E-state index in [4.69, 9.17) is 9.47 Å². The molecule has 0 aliphatic carbocycles. The number of likely N-dealkylation sites (N-methyl/N-ethyl adjacent to an activating group) is 1. The van der Waals surface area contributed by atoms with E-state index in [9.17, 15) is 0 Å². The van der Waals surface area contributed by atoms with Gasteiger partial charge in [0, 0.05) is 25.7 Å². The summed E-state index contributed by atoms with van der Waals surface area (Å²) in [6.45, 7) is 10.6. The van der Waals surface area contributed by atoms with Gasteiger partial charge in [0.2, 0.25) is 0 Å². The molecule has 4 heteroatoms. The van der Waals surface area contributed by atoms with Crippen LogP contribution in [0.1, 0.15) is 26.3 Å². The molecule has 1 N–H and O–H groups in total. The first-order chi connectivity index (χ1) is 9.60. The molecule has 0 aliphatic rings. The minimum Gasteiger partial charge on any atom is -0.493 e. The lowest BCUT2D eigenvalue weighted by Gasteiger charge is -2.22. The molecule has 0 aliphatic heterocycles. The van der Waals surface area contributed by atoms with Crippen LogP contribution in [0.4, 0.5) is 0 Å². The molecular formula is C16H28N2O2. The van der Waals surface area contributed by atoms with Gasteiger partial charge < -0.3 is 14.8 Å². The topological polar surface area (TPSA) is 33.7 Å². The molecule has 0 aromatic heterocycles. The Labute approximate surface area is 123 Å². The summed E-state index contributed by atoms with van der Waals surface area (Å²) in [6, 6.07) is 6.65. The summed E-state index contributed by atoms with van der Waals surface area (Å²) < 4.78 is 10.6. The Hall–Kier alpha value is -1.26. The molecule has 0 unspecified atom stereocenters. The summed E-state index contributed by atoms with van der Waals surface area (Å²) in [6.07, 6.45) is 0. The Morgan fingerprint density at radius 2 is 1.85 bits per heavy atom. The average Bonchev–Trinajstić information content (AvgIpc) is 2.45. The number of methoxy groups -OCH3 is 2. The van der Waals surface area contributed by atoms with Crippen LogP contribution in [0.15, 0.2) is 18.2 Å². The molecule has 0 saturated carbocycles. The van der Waals surface area contributed by atoms with Crippen molar-refractivity contribution in [2.45, 2.75) is 33.4 Å². The number of nitrogens with one attached hydrogen (secondary N) is 1. The fraction of sp³-hybridized carbons (Fsp3) is 0.625. The van der Waals surface area contributed by atoms with Gasteiger partial charge in [-0.1, -0.05) is 26.8 Å². The molecule has 0 fully saturated rings. The second kappa shape index (κ2) is 8.82. The summed E-state index contributed by atoms with van der Waals surface area (Å²) in [5, 5.41) is 3.45. The molecule has 4 nitrogen and oxygen atoms in total. The van der Waals surface area contributed by atoms with Crippen molar-refractivity contribution in [2.75, 3.05) is 33.9 Å². The lowest BCUT2D eigenvalue weighted by Crippen LogP contribution is -2.34. The van der Waals surface area contributed by atoms with Crippen molar-refractivity contribution in [3.8, 4) is 11.5 Å². The van der Waals surface area contributed by atoms with E-state index in [1.54, 1.807) is 14.2 Å². The molecular weight excluding hydrogens is 252 g/mol. The largest absolute Gasteiger partial charge is 0.493 e. The van der Waals surface area contributed by atoms with Crippen LogP contribution in [0.2, 0.25) is 0 Å². The third kappa shape index (κ3) is 5.39. The normalized spacial score (nSPS) is 11.2. The minimum atomic E-state index is 0.537. The van der Waals surface area contributed by atoms with Gasteiger partial charge >= 0.3 is 0 Å². The first kappa shape index (κ1) is 16.8. The van der Waals surface area contributed by atoms with E-state index in [0.29, 0.717) is 6.04 Å². The molecule has 0 spiro atoms. The van der Waals surface area contributed by atoms with Crippen molar-refractivity contribution in [2.24, 2.45) is 0 Å². The average molecular weight is 280 g/mol. The number of rotatable bonds is 9. The molecule has 0 saturated heterocycles. The van der Waals surface area contributed by atoms with Crippen molar-refractivity contribution >= 4 is 0 Å². The van der Waals surface area contributed by atoms with E-state index < -0.39 is 0 Å². The fourth-order valence-electron chi connectivity index (χ4n) is 2.10. The minimum absolute atomic E-state index is 0.537. The van der Waals surface area contributed by atoms with E-state index in [0.717, 1.165) is 37.7 Å². The lowest BCUT2D eigenvalue weighted by molar-refractivity contribution is 0.275. The van der Waals surface area contributed by atoms with Gasteiger partial charge in [0.1, 0.15) is 0 Å². The van der Waals surface area contributed by atoms with Crippen LogP contribution in [0.5, 0.6) is 11.5 Å². The van der Waals surface area contributed by atoms with Crippen molar-refractivity contribution in [1.29, 1.82) is 0 Å². The smallest absolute Gasteiger partial charge is 0.161 e. The molecule has 0 heterocycles. The molecule has 1 aromatic rings. The molecule has 0 amide bonds. The van der Waals surface area contributed by atoms with Crippen LogP contribution in [0, 0.1) is 0 Å². The SMILES string of the molecule is CCN(CCNC(C)C)Cc1ccc(OC)c(OC)c1. The molecule has 1 aromatic carbocycles. The summed E-state index contributed by atoms with van der Waals surface area (Å²) in [7, 11) is 3.33. The highest BCUT2D eigenvalue weighted by Gasteiger charge is 2.08. The van der Waals surface area contributed by atoms with Crippen molar-refractivity contribution in [1.82, 2.24) is 10.2 Å². The third-order valence-electron chi connectivity index (χ3n) is 3.28. The molecule has 0 bridgehead atoms. The summed E-state index contributed by atoms with van der Waals surface area (Å²) in [5.41, 5.74) is 1.24. The van der Waals surface area contributed by atoms with Crippen molar-refractivity contribution in [3.05, 3.63) is 23.8 Å². The molecule has 1 rings (SSSR count). The third-order valence-corrected chi connectivity index (χ3v) is 3.28. The van der Waals surface area contributed by atoms with Crippen LogP contribution in [0.25, 0.3) is 0 Å². The van der Waals surface area contributed by atoms with Gasteiger partial charge in [-0.3, -0.25) is 4.90 Å². The Kier molecular flexibility index (Phi) is 7.41. The first-order valence-electron chi connectivity index (χ1n) is 7.27. The molecule has 114 valence electrons. The van der Waals surface area contributed by atoms with E-state index >= 15 is 0 Å². The predicted octanol–water partition coefficient (Wildman–Crippen LogP) is 2.52. The zero-order valence-corrected chi connectivity index (χ0v) is 13.4. The maximum absolute atomic E-state index is 5.35. The maximum Gasteiger partial charge on any atom is 0.161 e. The maximum atomic E-state index is 5.35. The van der Waals surface area contributed by atoms with Gasteiger partial charge in [-0.2, -0.15) is 0 Å². The lowest BCUT2D eigenvalue weighted by atomic mass is 10.2. The number of hydrogen-bond acceptors (Lipinski definition) is 4. The fourth-order valence-corrected chi connectivity index (χ4v) is 2.10. The van der Waals surface area contributed by atoms with Gasteiger partial charge in [0.15, 0.2) is 11.5 Å². The van der Waals surface area contributed by atoms with E-state index in [2.05, 4.69) is 43.1 Å². The number of nitrogens with zero attached hydrogens (tertiary/aromatic N) is 1. The first-order valence-corrected chi connectivity index (χ1v) is 7.27. The second-order valence-corrected chi connectivity index (χ2v) is 5.17. The highest BCUT2D eigenvalue weighted by atomic mass is 16.5. The van der Waals surface area contributed by atoms with Gasteiger partial charge in [0.25, 0.3) is 0 Å². The van der Waals surface area contributed by atoms with E-state index in [1.165, 1.54) is 5.56 Å². The van der Waals surface area contributed by atoms with Crippen LogP contribution in [-0.2, 0) is 6.54 Å². The van der Waals surface area contributed by atoms with Crippen molar-refractivity contribution < 1.29 is 9.47 Å². The summed E-state index contributed by atoms with van der Waals surface area (Å²) in [5.74, 6) is 1.57. The van der Waals surface area contributed by atoms with Gasteiger partial charge in [-0.05, 0) is 24.2 Å². The molecule has 20 heavy (non-hydrogen) atoms. The zero-order valence-electron chi connectivity index (χ0n) is 13.4. The second-order valence-electron chi connectivity index (χ2n) is 5.17. The van der Waals surface area contributed by atoms with Gasteiger partial charge in [0.05, 0.1) is 14.2 Å². The van der Waals surface area contributed by atoms with Gasteiger partial charge in [-0.15, -0.1) is 0 Å². The van der Waals surface area contributed by atoms with Crippen LogP contribution in [-0.4, -0.2) is 44.8 Å². The number of benzene rings is 1. The van der Waals surface area contributed by atoms with Crippen LogP contribution >= 0.6 is 0 Å². The van der Waals surface area contributed by atoms with E-state index in [1.807, 2.05) is 6.07 Å². The summed E-state index contributed by atoms with van der Waals surface area (Å²) in [4.78, 5) is 2.41. The Balaban J connectivity index is 2.60. The quantitative estimate of drug-likeness (QED) is 0.753. The monoisotopic (exact) mass is 280 g/mol. The Morgan fingerprint density at radius 1 is 1.15 bits per heavy atom. The highest BCUT2D eigenvalue weighted by Crippen LogP contribution is 2.27. The molecule has 0 atom stereocenters. The van der Waals surface area contributed by atoms with Gasteiger partial charge in [-0.25, -0.2) is 0 Å². The Bertz CT molecular complexity index is 394. The standard InChI is InChI=1S/C16H28N2O2/c1-6-18(10-9-17-13(2)3)12-14-7-8-15(19-4)16(11-14)20-5/h7-8,11,13,17H,6,9-10,12H2,1-5H3. The Morgan fingerprint density at radius 3 is 2.40 bits per heavy atom. The summed E-state index contributed by atoms with van der Waals surface area (Å²) >= 11 is 0. The van der Waals surface area contributed by atoms with Crippen LogP contribution < -0.4 is 14.8 Å². The van der Waals surface area contributed by atoms with Crippen molar-refractivity contribution in [3.63, 3.8) is 0 Å². The molecule has 0 radical (unpaired) electrons.